The van der Waals surface area contributed by atoms with E-state index in [0.29, 0.717) is 15.0 Å². The van der Waals surface area contributed by atoms with Crippen LogP contribution in [0, 0.1) is 6.92 Å². The van der Waals surface area contributed by atoms with Crippen LogP contribution in [0.3, 0.4) is 0 Å². The van der Waals surface area contributed by atoms with Crippen molar-refractivity contribution in [3.8, 4) is 0 Å². The Hall–Kier alpha value is -1.01. The van der Waals surface area contributed by atoms with E-state index in [9.17, 15) is 4.79 Å². The highest BCUT2D eigenvalue weighted by atomic mass is 79.9. The van der Waals surface area contributed by atoms with Gasteiger partial charge in [-0.05, 0) is 22.9 Å². The van der Waals surface area contributed by atoms with Crippen LogP contribution in [-0.2, 0) is 7.05 Å². The second-order valence-corrected chi connectivity index (χ2v) is 5.13. The monoisotopic (exact) mass is 285 g/mol. The van der Waals surface area contributed by atoms with Crippen molar-refractivity contribution in [3.05, 3.63) is 32.4 Å². The predicted octanol–water partition coefficient (Wildman–Crippen LogP) is 2.18. The molecule has 0 N–H and O–H groups in total. The predicted molar refractivity (Wildman–Crippen MR) is 61.2 cm³/mol. The molecule has 0 fully saturated rings. The maximum atomic E-state index is 12.0. The molecule has 2 aromatic heterocycles. The van der Waals surface area contributed by atoms with Gasteiger partial charge in [0.1, 0.15) is 5.69 Å². The van der Waals surface area contributed by atoms with Crippen molar-refractivity contribution < 1.29 is 4.79 Å². The van der Waals surface area contributed by atoms with Crippen molar-refractivity contribution in [2.24, 2.45) is 7.05 Å². The van der Waals surface area contributed by atoms with Crippen LogP contribution >= 0.6 is 27.3 Å². The topological polar surface area (TPSA) is 47.8 Å². The first-order valence-electron chi connectivity index (χ1n) is 4.24. The molecule has 78 valence electrons. The molecule has 0 amide bonds. The van der Waals surface area contributed by atoms with Crippen LogP contribution in [0.4, 0.5) is 0 Å². The molecule has 2 heterocycles. The Labute approximate surface area is 99.1 Å². The van der Waals surface area contributed by atoms with Gasteiger partial charge >= 0.3 is 0 Å². The van der Waals surface area contributed by atoms with E-state index in [1.807, 2.05) is 6.92 Å². The Morgan fingerprint density at radius 3 is 2.73 bits per heavy atom. The third-order valence-electron chi connectivity index (χ3n) is 1.95. The smallest absolute Gasteiger partial charge is 0.223 e. The van der Waals surface area contributed by atoms with Gasteiger partial charge in [-0.2, -0.15) is 5.10 Å². The van der Waals surface area contributed by atoms with Gasteiger partial charge in [0.25, 0.3) is 0 Å². The zero-order valence-electron chi connectivity index (χ0n) is 8.19. The van der Waals surface area contributed by atoms with Gasteiger partial charge in [-0.1, -0.05) is 0 Å². The van der Waals surface area contributed by atoms with Crippen LogP contribution in [0.2, 0.25) is 0 Å². The number of hydrogen-bond acceptors (Lipinski definition) is 4. The first-order valence-corrected chi connectivity index (χ1v) is 5.85. The van der Waals surface area contributed by atoms with E-state index in [4.69, 9.17) is 0 Å². The fourth-order valence-corrected chi connectivity index (χ4v) is 2.50. The van der Waals surface area contributed by atoms with Crippen LogP contribution in [0.25, 0.3) is 0 Å². The molecule has 0 radical (unpaired) electrons. The highest BCUT2D eigenvalue weighted by Gasteiger charge is 2.18. The number of carbonyl (C=O) groups is 1. The summed E-state index contributed by atoms with van der Waals surface area (Å²) in [4.78, 5) is 16.7. The van der Waals surface area contributed by atoms with E-state index in [2.05, 4.69) is 26.0 Å². The molecule has 6 heteroatoms. The molecule has 0 aromatic carbocycles. The van der Waals surface area contributed by atoms with Crippen molar-refractivity contribution in [2.75, 3.05) is 0 Å². The molecule has 0 aliphatic carbocycles. The van der Waals surface area contributed by atoms with Crippen molar-refractivity contribution in [1.29, 1.82) is 0 Å². The largest absolute Gasteiger partial charge is 0.286 e. The molecule has 15 heavy (non-hydrogen) atoms. The zero-order valence-corrected chi connectivity index (χ0v) is 10.6. The summed E-state index contributed by atoms with van der Waals surface area (Å²) >= 11 is 4.69. The van der Waals surface area contributed by atoms with Gasteiger partial charge in [-0.15, -0.1) is 11.3 Å². The van der Waals surface area contributed by atoms with Crippen LogP contribution in [0.5, 0.6) is 0 Å². The summed E-state index contributed by atoms with van der Waals surface area (Å²) in [5.74, 6) is -0.0486. The van der Waals surface area contributed by atoms with Gasteiger partial charge in [0.05, 0.1) is 20.6 Å². The standard InChI is InChI=1S/C9H8BrN3OS/c1-5-11-4-7(15-5)9(14)8-6(10)3-12-13(8)2/h3-4H,1-2H3. The van der Waals surface area contributed by atoms with Gasteiger partial charge in [-0.3, -0.25) is 9.48 Å². The lowest BCUT2D eigenvalue weighted by atomic mass is 10.2. The number of halogens is 1. The normalized spacial score (nSPS) is 10.6. The average molecular weight is 286 g/mol. The summed E-state index contributed by atoms with van der Waals surface area (Å²) in [6.45, 7) is 1.87. The highest BCUT2D eigenvalue weighted by molar-refractivity contribution is 9.10. The number of aromatic nitrogens is 3. The number of ketones is 1. The minimum atomic E-state index is -0.0486. The summed E-state index contributed by atoms with van der Waals surface area (Å²) in [5, 5.41) is 4.89. The van der Waals surface area contributed by atoms with E-state index in [-0.39, 0.29) is 5.78 Å². The molecule has 0 aliphatic rings. The Morgan fingerprint density at radius 1 is 1.53 bits per heavy atom. The Kier molecular flexibility index (Phi) is 2.70. The molecule has 4 nitrogen and oxygen atoms in total. The summed E-state index contributed by atoms with van der Waals surface area (Å²) in [6.07, 6.45) is 3.21. The van der Waals surface area contributed by atoms with Crippen LogP contribution in [0.1, 0.15) is 20.4 Å². The van der Waals surface area contributed by atoms with Crippen LogP contribution in [0.15, 0.2) is 16.9 Å². The van der Waals surface area contributed by atoms with E-state index >= 15 is 0 Å². The fourth-order valence-electron chi connectivity index (χ4n) is 1.25. The van der Waals surface area contributed by atoms with Gasteiger partial charge in [-0.25, -0.2) is 4.98 Å². The number of hydrogen-bond donors (Lipinski definition) is 0. The second kappa shape index (κ2) is 3.86. The quantitative estimate of drug-likeness (QED) is 0.795. The van der Waals surface area contributed by atoms with Gasteiger partial charge in [0.2, 0.25) is 5.78 Å². The molecular formula is C9H8BrN3OS. The van der Waals surface area contributed by atoms with Crippen LogP contribution in [-0.4, -0.2) is 20.5 Å². The minimum Gasteiger partial charge on any atom is -0.286 e. The van der Waals surface area contributed by atoms with E-state index in [0.717, 1.165) is 5.01 Å². The molecule has 2 aromatic rings. The van der Waals surface area contributed by atoms with Crippen LogP contribution < -0.4 is 0 Å². The third kappa shape index (κ3) is 1.87. The molecule has 0 saturated carbocycles. The average Bonchev–Trinajstić information content (AvgIpc) is 2.73. The lowest BCUT2D eigenvalue weighted by Crippen LogP contribution is -2.07. The number of thiazole rings is 1. The first kappa shape index (κ1) is 10.5. The number of carbonyl (C=O) groups excluding carboxylic acids is 1. The van der Waals surface area contributed by atoms with Crippen molar-refractivity contribution in [1.82, 2.24) is 14.8 Å². The van der Waals surface area contributed by atoms with E-state index in [1.165, 1.54) is 11.3 Å². The molecule has 0 unspecified atom stereocenters. The number of rotatable bonds is 2. The second-order valence-electron chi connectivity index (χ2n) is 3.04. The minimum absolute atomic E-state index is 0.0486. The summed E-state index contributed by atoms with van der Waals surface area (Å²) in [7, 11) is 1.74. The summed E-state index contributed by atoms with van der Waals surface area (Å²) < 4.78 is 2.27. The van der Waals surface area contributed by atoms with Gasteiger partial charge < -0.3 is 0 Å². The van der Waals surface area contributed by atoms with Gasteiger partial charge in [0.15, 0.2) is 0 Å². The van der Waals surface area contributed by atoms with Crippen molar-refractivity contribution in [2.45, 2.75) is 6.92 Å². The number of nitrogens with zero attached hydrogens (tertiary/aromatic N) is 3. The van der Waals surface area contributed by atoms with E-state index in [1.54, 1.807) is 24.1 Å². The summed E-state index contributed by atoms with van der Waals surface area (Å²) in [6, 6.07) is 0. The SMILES string of the molecule is Cc1ncc(C(=O)c2c(Br)cnn2C)s1. The molecule has 0 atom stereocenters. The number of aryl methyl sites for hydroxylation is 2. The maximum Gasteiger partial charge on any atom is 0.223 e. The Bertz CT molecular complexity index is 498. The first-order chi connectivity index (χ1) is 7.09. The maximum absolute atomic E-state index is 12.0. The molecule has 0 saturated heterocycles. The zero-order chi connectivity index (χ0) is 11.0. The van der Waals surface area contributed by atoms with E-state index < -0.39 is 0 Å². The van der Waals surface area contributed by atoms with Crippen molar-refractivity contribution in [3.63, 3.8) is 0 Å². The molecule has 0 bridgehead atoms. The highest BCUT2D eigenvalue weighted by Crippen LogP contribution is 2.21. The molecule has 0 aliphatic heterocycles. The molecule has 0 spiro atoms. The summed E-state index contributed by atoms with van der Waals surface area (Å²) in [5.41, 5.74) is 0.554. The fraction of sp³-hybridized carbons (Fsp3) is 0.222. The van der Waals surface area contributed by atoms with Gasteiger partial charge in [0, 0.05) is 13.2 Å². The lowest BCUT2D eigenvalue weighted by Gasteiger charge is -1.98. The lowest BCUT2D eigenvalue weighted by molar-refractivity contribution is 0.103. The Morgan fingerprint density at radius 2 is 2.27 bits per heavy atom. The molecule has 2 rings (SSSR count). The molecular weight excluding hydrogens is 278 g/mol. The van der Waals surface area contributed by atoms with Crippen molar-refractivity contribution >= 4 is 33.0 Å². The third-order valence-corrected chi connectivity index (χ3v) is 3.45. The Balaban J connectivity index is 2.45.